The molecule has 2 aromatic heterocycles. The van der Waals surface area contributed by atoms with Gasteiger partial charge in [0.25, 0.3) is 5.89 Å². The second-order valence-corrected chi connectivity index (χ2v) is 5.20. The molecule has 0 amide bonds. The Morgan fingerprint density at radius 1 is 1.24 bits per heavy atom. The van der Waals surface area contributed by atoms with Gasteiger partial charge in [0.15, 0.2) is 0 Å². The third-order valence-corrected chi connectivity index (χ3v) is 3.80. The summed E-state index contributed by atoms with van der Waals surface area (Å²) in [6, 6.07) is 9.72. The molecule has 21 heavy (non-hydrogen) atoms. The monoisotopic (exact) mass is 284 g/mol. The topological polar surface area (TPSA) is 63.8 Å². The van der Waals surface area contributed by atoms with Gasteiger partial charge < -0.3 is 9.84 Å². The molecule has 1 fully saturated rings. The molecule has 106 valence electrons. The Morgan fingerprint density at radius 3 is 3.00 bits per heavy atom. The Hall–Kier alpha value is -2.34. The number of aromatic nitrogens is 3. The summed E-state index contributed by atoms with van der Waals surface area (Å²) < 4.78 is 19.7. The average molecular weight is 284 g/mol. The van der Waals surface area contributed by atoms with E-state index in [0.717, 1.165) is 10.8 Å². The zero-order chi connectivity index (χ0) is 14.3. The van der Waals surface area contributed by atoms with Crippen LogP contribution in [0.4, 0.5) is 4.39 Å². The number of benzene rings is 1. The van der Waals surface area contributed by atoms with Gasteiger partial charge in [0, 0.05) is 24.5 Å². The van der Waals surface area contributed by atoms with Gasteiger partial charge in [0.05, 0.1) is 0 Å². The summed E-state index contributed by atoms with van der Waals surface area (Å²) in [4.78, 5) is 8.55. The van der Waals surface area contributed by atoms with E-state index in [1.54, 1.807) is 6.20 Å². The fourth-order valence-corrected chi connectivity index (χ4v) is 2.64. The molecule has 1 aromatic carbocycles. The Balaban J connectivity index is 1.81. The van der Waals surface area contributed by atoms with Crippen LogP contribution in [-0.4, -0.2) is 28.2 Å². The van der Waals surface area contributed by atoms with Crippen LogP contribution in [0.3, 0.4) is 0 Å². The first-order chi connectivity index (χ1) is 10.3. The summed E-state index contributed by atoms with van der Waals surface area (Å²) in [5.41, 5.74) is -0.965. The van der Waals surface area contributed by atoms with Gasteiger partial charge in [-0.15, -0.1) is 0 Å². The molecule has 1 aliphatic rings. The van der Waals surface area contributed by atoms with Crippen LogP contribution in [0.5, 0.6) is 0 Å². The van der Waals surface area contributed by atoms with Crippen LogP contribution in [0.2, 0.25) is 0 Å². The van der Waals surface area contributed by atoms with Crippen LogP contribution in [0.15, 0.2) is 41.1 Å². The third-order valence-electron chi connectivity index (χ3n) is 3.80. The Bertz CT molecular complexity index is 790. The molecule has 5 nitrogen and oxygen atoms in total. The van der Waals surface area contributed by atoms with Crippen molar-refractivity contribution in [1.82, 2.24) is 20.4 Å². The fourth-order valence-electron chi connectivity index (χ4n) is 2.64. The van der Waals surface area contributed by atoms with Crippen LogP contribution in [0.1, 0.15) is 12.3 Å². The lowest BCUT2D eigenvalue weighted by Crippen LogP contribution is -2.23. The van der Waals surface area contributed by atoms with Crippen LogP contribution >= 0.6 is 0 Å². The quantitative estimate of drug-likeness (QED) is 0.783. The van der Waals surface area contributed by atoms with Crippen molar-refractivity contribution < 1.29 is 8.91 Å². The van der Waals surface area contributed by atoms with Crippen LogP contribution < -0.4 is 5.32 Å². The van der Waals surface area contributed by atoms with Crippen molar-refractivity contribution in [1.29, 1.82) is 0 Å². The minimum Gasteiger partial charge on any atom is -0.335 e. The largest absolute Gasteiger partial charge is 0.335 e. The molecule has 4 rings (SSSR count). The molecule has 0 radical (unpaired) electrons. The molecule has 3 heterocycles. The van der Waals surface area contributed by atoms with E-state index in [9.17, 15) is 4.39 Å². The molecule has 3 aromatic rings. The number of nitrogens with one attached hydrogen (secondary N) is 1. The standard InChI is InChI=1S/C15H13FN4O/c16-15(6-8-17-9-15)14-19-13(20-21-14)12-11-4-2-1-3-10(11)5-7-18-12/h1-5,7,17H,6,8-9H2. The predicted octanol–water partition coefficient (Wildman–Crippen LogP) is 2.44. The maximum Gasteiger partial charge on any atom is 0.266 e. The maximum absolute atomic E-state index is 14.6. The summed E-state index contributed by atoms with van der Waals surface area (Å²) in [7, 11) is 0. The van der Waals surface area contributed by atoms with E-state index >= 15 is 0 Å². The lowest BCUT2D eigenvalue weighted by Gasteiger charge is -2.11. The summed E-state index contributed by atoms with van der Waals surface area (Å²) in [5.74, 6) is 0.350. The number of halogens is 1. The van der Waals surface area contributed by atoms with Crippen molar-refractivity contribution in [2.45, 2.75) is 12.1 Å². The number of fused-ring (bicyclic) bond motifs is 1. The number of rotatable bonds is 2. The highest BCUT2D eigenvalue weighted by Gasteiger charge is 2.41. The summed E-state index contributed by atoms with van der Waals surface area (Å²) in [6.45, 7) is 0.818. The Kier molecular flexibility index (Phi) is 2.71. The highest BCUT2D eigenvalue weighted by atomic mass is 19.1. The van der Waals surface area contributed by atoms with Gasteiger partial charge in [0.1, 0.15) is 5.69 Å². The van der Waals surface area contributed by atoms with Crippen molar-refractivity contribution in [3.8, 4) is 11.5 Å². The third kappa shape index (κ3) is 1.99. The first-order valence-corrected chi connectivity index (χ1v) is 6.84. The minimum absolute atomic E-state index is 0.0252. The SMILES string of the molecule is FC1(c2nc(-c3nccc4ccccc34)no2)CCNC1. The number of hydrogen-bond donors (Lipinski definition) is 1. The Morgan fingerprint density at radius 2 is 2.14 bits per heavy atom. The fraction of sp³-hybridized carbons (Fsp3) is 0.267. The lowest BCUT2D eigenvalue weighted by molar-refractivity contribution is 0.134. The average Bonchev–Trinajstić information content (AvgIpc) is 3.16. The summed E-state index contributed by atoms with van der Waals surface area (Å²) in [6.07, 6.45) is 2.04. The van der Waals surface area contributed by atoms with E-state index in [2.05, 4.69) is 20.4 Å². The molecule has 1 unspecified atom stereocenters. The van der Waals surface area contributed by atoms with Crippen LogP contribution in [-0.2, 0) is 5.67 Å². The second-order valence-electron chi connectivity index (χ2n) is 5.20. The lowest BCUT2D eigenvalue weighted by atomic mass is 10.1. The predicted molar refractivity (Wildman–Crippen MR) is 75.3 cm³/mol. The normalized spacial score (nSPS) is 22.0. The summed E-state index contributed by atoms with van der Waals surface area (Å²) in [5, 5.41) is 8.84. The molecule has 0 aliphatic carbocycles. The molecule has 0 spiro atoms. The minimum atomic E-state index is -1.57. The number of hydrogen-bond acceptors (Lipinski definition) is 5. The number of nitrogens with zero attached hydrogens (tertiary/aromatic N) is 3. The molecule has 1 atom stereocenters. The molecule has 0 bridgehead atoms. The van der Waals surface area contributed by atoms with Gasteiger partial charge in [0.2, 0.25) is 11.5 Å². The zero-order valence-electron chi connectivity index (χ0n) is 11.2. The first-order valence-electron chi connectivity index (χ1n) is 6.84. The van der Waals surface area contributed by atoms with Crippen molar-refractivity contribution in [2.75, 3.05) is 13.1 Å². The van der Waals surface area contributed by atoms with Gasteiger partial charge in [-0.2, -0.15) is 4.98 Å². The van der Waals surface area contributed by atoms with E-state index in [-0.39, 0.29) is 12.4 Å². The van der Waals surface area contributed by atoms with E-state index in [1.165, 1.54) is 0 Å². The van der Waals surface area contributed by atoms with Crippen LogP contribution in [0, 0.1) is 0 Å². The molecular weight excluding hydrogens is 271 g/mol. The number of alkyl halides is 1. The van der Waals surface area contributed by atoms with E-state index in [1.807, 2.05) is 30.3 Å². The summed E-state index contributed by atoms with van der Waals surface area (Å²) >= 11 is 0. The molecule has 6 heteroatoms. The number of pyridine rings is 1. The Labute approximate surface area is 120 Å². The van der Waals surface area contributed by atoms with Gasteiger partial charge >= 0.3 is 0 Å². The highest BCUT2D eigenvalue weighted by molar-refractivity contribution is 5.92. The molecule has 0 saturated carbocycles. The zero-order valence-corrected chi connectivity index (χ0v) is 11.2. The van der Waals surface area contributed by atoms with Gasteiger partial charge in [-0.1, -0.05) is 29.4 Å². The van der Waals surface area contributed by atoms with Gasteiger partial charge in [-0.25, -0.2) is 4.39 Å². The molecule has 1 aliphatic heterocycles. The van der Waals surface area contributed by atoms with Crippen molar-refractivity contribution in [2.24, 2.45) is 0 Å². The maximum atomic E-state index is 14.6. The first kappa shape index (κ1) is 12.4. The van der Waals surface area contributed by atoms with E-state index in [0.29, 0.717) is 24.5 Å². The van der Waals surface area contributed by atoms with Crippen molar-refractivity contribution in [3.63, 3.8) is 0 Å². The van der Waals surface area contributed by atoms with E-state index < -0.39 is 5.67 Å². The van der Waals surface area contributed by atoms with Crippen molar-refractivity contribution in [3.05, 3.63) is 42.4 Å². The van der Waals surface area contributed by atoms with Gasteiger partial charge in [-0.05, 0) is 18.0 Å². The molecule has 1 saturated heterocycles. The van der Waals surface area contributed by atoms with E-state index in [4.69, 9.17) is 4.52 Å². The molecule has 1 N–H and O–H groups in total. The smallest absolute Gasteiger partial charge is 0.266 e. The second kappa shape index (κ2) is 4.60. The molecular formula is C15H13FN4O. The highest BCUT2D eigenvalue weighted by Crippen LogP contribution is 2.33. The van der Waals surface area contributed by atoms with Crippen LogP contribution in [0.25, 0.3) is 22.3 Å². The van der Waals surface area contributed by atoms with Crippen molar-refractivity contribution >= 4 is 10.8 Å². The van der Waals surface area contributed by atoms with Gasteiger partial charge in [-0.3, -0.25) is 4.98 Å².